The highest BCUT2D eigenvalue weighted by Crippen LogP contribution is 2.29. The molecule has 21 heavy (non-hydrogen) atoms. The van der Waals surface area contributed by atoms with Gasteiger partial charge in [-0.3, -0.25) is 4.79 Å². The molecule has 0 amide bonds. The fourth-order valence-corrected chi connectivity index (χ4v) is 2.55. The van der Waals surface area contributed by atoms with Gasteiger partial charge in [0.25, 0.3) is 0 Å². The van der Waals surface area contributed by atoms with E-state index in [4.69, 9.17) is 14.2 Å². The first-order valence-electron chi connectivity index (χ1n) is 7.28. The quantitative estimate of drug-likeness (QED) is 0.778. The molecule has 0 bridgehead atoms. The van der Waals surface area contributed by atoms with E-state index in [1.807, 2.05) is 0 Å². The lowest BCUT2D eigenvalue weighted by Crippen LogP contribution is -2.39. The van der Waals surface area contributed by atoms with Gasteiger partial charge in [-0.1, -0.05) is 6.92 Å². The van der Waals surface area contributed by atoms with E-state index in [9.17, 15) is 4.79 Å². The van der Waals surface area contributed by atoms with Crippen LogP contribution < -0.4 is 14.8 Å². The van der Waals surface area contributed by atoms with Crippen LogP contribution in [0.2, 0.25) is 0 Å². The number of methoxy groups -OCH3 is 2. The summed E-state index contributed by atoms with van der Waals surface area (Å²) in [5, 5.41) is 3.38. The second-order valence-corrected chi connectivity index (χ2v) is 5.14. The van der Waals surface area contributed by atoms with E-state index in [2.05, 4.69) is 12.2 Å². The summed E-state index contributed by atoms with van der Waals surface area (Å²) in [5.41, 5.74) is 0.552. The standard InChI is InChI=1S/C16H23NO4/c1-4-7-17-14-10-21-9-13(14)16(18)12-8-11(19-2)5-6-15(12)20-3/h5-6,8,13-14,17H,4,7,9-10H2,1-3H3. The Hall–Kier alpha value is -1.59. The minimum atomic E-state index is -0.183. The number of rotatable bonds is 7. The molecule has 1 N–H and O–H groups in total. The zero-order valence-electron chi connectivity index (χ0n) is 12.8. The number of carbonyl (C=O) groups is 1. The summed E-state index contributed by atoms with van der Waals surface area (Å²) in [7, 11) is 3.15. The second-order valence-electron chi connectivity index (χ2n) is 5.14. The minimum Gasteiger partial charge on any atom is -0.497 e. The molecule has 1 fully saturated rings. The molecule has 5 nitrogen and oxygen atoms in total. The predicted molar refractivity (Wildman–Crippen MR) is 80.3 cm³/mol. The Morgan fingerprint density at radius 2 is 2.14 bits per heavy atom. The number of benzene rings is 1. The normalized spacial score (nSPS) is 21.3. The topological polar surface area (TPSA) is 56.8 Å². The van der Waals surface area contributed by atoms with Crippen molar-refractivity contribution in [2.24, 2.45) is 5.92 Å². The second kappa shape index (κ2) is 7.43. The molecule has 1 saturated heterocycles. The Labute approximate surface area is 125 Å². The van der Waals surface area contributed by atoms with Crippen molar-refractivity contribution < 1.29 is 19.0 Å². The summed E-state index contributed by atoms with van der Waals surface area (Å²) < 4.78 is 16.0. The van der Waals surface area contributed by atoms with Gasteiger partial charge < -0.3 is 19.5 Å². The van der Waals surface area contributed by atoms with E-state index in [1.54, 1.807) is 32.4 Å². The van der Waals surface area contributed by atoms with Gasteiger partial charge in [-0.05, 0) is 31.2 Å². The van der Waals surface area contributed by atoms with Crippen LogP contribution in [0.3, 0.4) is 0 Å². The summed E-state index contributed by atoms with van der Waals surface area (Å²) in [5.74, 6) is 1.08. The van der Waals surface area contributed by atoms with Crippen molar-refractivity contribution in [1.29, 1.82) is 0 Å². The molecule has 2 unspecified atom stereocenters. The van der Waals surface area contributed by atoms with E-state index < -0.39 is 0 Å². The maximum Gasteiger partial charge on any atom is 0.173 e. The molecule has 1 heterocycles. The van der Waals surface area contributed by atoms with Gasteiger partial charge in [-0.15, -0.1) is 0 Å². The molecule has 1 aliphatic rings. The van der Waals surface area contributed by atoms with E-state index in [0.29, 0.717) is 30.3 Å². The number of nitrogens with one attached hydrogen (secondary N) is 1. The highest BCUT2D eigenvalue weighted by atomic mass is 16.5. The molecule has 0 aromatic heterocycles. The minimum absolute atomic E-state index is 0.0388. The molecule has 0 spiro atoms. The summed E-state index contributed by atoms with van der Waals surface area (Å²) in [6.07, 6.45) is 1.03. The third kappa shape index (κ3) is 3.54. The molecule has 1 aromatic rings. The third-order valence-corrected chi connectivity index (χ3v) is 3.75. The van der Waals surface area contributed by atoms with Gasteiger partial charge in [0.15, 0.2) is 5.78 Å². The van der Waals surface area contributed by atoms with Gasteiger partial charge in [0.05, 0.1) is 38.9 Å². The Balaban J connectivity index is 2.22. The Bertz CT molecular complexity index is 489. The lowest BCUT2D eigenvalue weighted by atomic mass is 9.92. The molecule has 2 rings (SSSR count). The first kappa shape index (κ1) is 15.8. The molecule has 0 saturated carbocycles. The third-order valence-electron chi connectivity index (χ3n) is 3.75. The summed E-state index contributed by atoms with van der Waals surface area (Å²) in [4.78, 5) is 12.8. The van der Waals surface area contributed by atoms with Crippen molar-refractivity contribution in [3.05, 3.63) is 23.8 Å². The molecule has 0 radical (unpaired) electrons. The van der Waals surface area contributed by atoms with Gasteiger partial charge in [-0.2, -0.15) is 0 Å². The van der Waals surface area contributed by atoms with Crippen molar-refractivity contribution in [3.8, 4) is 11.5 Å². The Morgan fingerprint density at radius 1 is 1.33 bits per heavy atom. The molecule has 2 atom stereocenters. The van der Waals surface area contributed by atoms with Gasteiger partial charge in [0.2, 0.25) is 0 Å². The van der Waals surface area contributed by atoms with Crippen molar-refractivity contribution in [3.63, 3.8) is 0 Å². The van der Waals surface area contributed by atoms with Crippen LogP contribution in [0.25, 0.3) is 0 Å². The fourth-order valence-electron chi connectivity index (χ4n) is 2.55. The molecular formula is C16H23NO4. The Kier molecular flexibility index (Phi) is 5.59. The van der Waals surface area contributed by atoms with Crippen LogP contribution in [-0.4, -0.2) is 45.8 Å². The smallest absolute Gasteiger partial charge is 0.173 e. The van der Waals surface area contributed by atoms with Gasteiger partial charge in [0.1, 0.15) is 11.5 Å². The number of hydrogen-bond donors (Lipinski definition) is 1. The molecule has 0 aliphatic carbocycles. The van der Waals surface area contributed by atoms with E-state index >= 15 is 0 Å². The van der Waals surface area contributed by atoms with Crippen LogP contribution in [0, 0.1) is 5.92 Å². The summed E-state index contributed by atoms with van der Waals surface area (Å²) in [6.45, 7) is 4.00. The van der Waals surface area contributed by atoms with Crippen LogP contribution in [0.1, 0.15) is 23.7 Å². The van der Waals surface area contributed by atoms with E-state index in [1.165, 1.54) is 0 Å². The van der Waals surface area contributed by atoms with Gasteiger partial charge >= 0.3 is 0 Å². The monoisotopic (exact) mass is 293 g/mol. The zero-order chi connectivity index (χ0) is 15.2. The van der Waals surface area contributed by atoms with Crippen LogP contribution in [0.15, 0.2) is 18.2 Å². The number of carbonyl (C=O) groups excluding carboxylic acids is 1. The maximum absolute atomic E-state index is 12.8. The number of ether oxygens (including phenoxy) is 3. The lowest BCUT2D eigenvalue weighted by Gasteiger charge is -2.19. The van der Waals surface area contributed by atoms with Crippen LogP contribution in [0.5, 0.6) is 11.5 Å². The van der Waals surface area contributed by atoms with Crippen molar-refractivity contribution in [2.45, 2.75) is 19.4 Å². The number of Topliss-reactive ketones (excluding diaryl/α,β-unsaturated/α-hetero) is 1. The Morgan fingerprint density at radius 3 is 2.81 bits per heavy atom. The highest BCUT2D eigenvalue weighted by Gasteiger charge is 2.35. The van der Waals surface area contributed by atoms with E-state index in [0.717, 1.165) is 13.0 Å². The summed E-state index contributed by atoms with van der Waals surface area (Å²) in [6, 6.07) is 5.34. The molecule has 1 aromatic carbocycles. The average Bonchev–Trinajstić information content (AvgIpc) is 2.99. The molecule has 116 valence electrons. The van der Waals surface area contributed by atoms with Gasteiger partial charge in [-0.25, -0.2) is 0 Å². The lowest BCUT2D eigenvalue weighted by molar-refractivity contribution is 0.0888. The van der Waals surface area contributed by atoms with E-state index in [-0.39, 0.29) is 17.7 Å². The molecule has 5 heteroatoms. The predicted octanol–water partition coefficient (Wildman–Crippen LogP) is 1.90. The highest BCUT2D eigenvalue weighted by molar-refractivity contribution is 6.01. The SMILES string of the molecule is CCCNC1COCC1C(=O)c1cc(OC)ccc1OC. The van der Waals surface area contributed by atoms with Crippen molar-refractivity contribution >= 4 is 5.78 Å². The fraction of sp³-hybridized carbons (Fsp3) is 0.562. The van der Waals surface area contributed by atoms with Gasteiger partial charge in [0, 0.05) is 6.04 Å². The first-order valence-corrected chi connectivity index (χ1v) is 7.28. The van der Waals surface area contributed by atoms with Crippen molar-refractivity contribution in [1.82, 2.24) is 5.32 Å². The molecule has 1 aliphatic heterocycles. The van der Waals surface area contributed by atoms with Crippen LogP contribution in [0.4, 0.5) is 0 Å². The van der Waals surface area contributed by atoms with Crippen LogP contribution in [-0.2, 0) is 4.74 Å². The first-order chi connectivity index (χ1) is 10.2. The number of hydrogen-bond acceptors (Lipinski definition) is 5. The molecular weight excluding hydrogens is 270 g/mol. The van der Waals surface area contributed by atoms with Crippen molar-refractivity contribution in [2.75, 3.05) is 34.0 Å². The van der Waals surface area contributed by atoms with Crippen LogP contribution >= 0.6 is 0 Å². The largest absolute Gasteiger partial charge is 0.497 e. The average molecular weight is 293 g/mol. The maximum atomic E-state index is 12.8. The summed E-state index contributed by atoms with van der Waals surface area (Å²) >= 11 is 0. The number of ketones is 1. The zero-order valence-corrected chi connectivity index (χ0v) is 12.8.